The van der Waals surface area contributed by atoms with E-state index >= 15 is 0 Å². The van der Waals surface area contributed by atoms with Crippen molar-refractivity contribution in [2.75, 3.05) is 6.54 Å². The minimum Gasteiger partial charge on any atom is -0.354 e. The summed E-state index contributed by atoms with van der Waals surface area (Å²) >= 11 is 0. The fraction of sp³-hybridized carbons (Fsp3) is 0.611. The highest BCUT2D eigenvalue weighted by Gasteiger charge is 2.23. The van der Waals surface area contributed by atoms with Crippen molar-refractivity contribution in [2.24, 2.45) is 5.92 Å². The van der Waals surface area contributed by atoms with Crippen LogP contribution in [0.2, 0.25) is 0 Å². The second kappa shape index (κ2) is 8.18. The summed E-state index contributed by atoms with van der Waals surface area (Å²) in [4.78, 5) is 12.1. The number of amides is 1. The number of carbonyl (C=O) groups excluding carboxylic acids is 1. The van der Waals surface area contributed by atoms with E-state index in [1.54, 1.807) is 0 Å². The van der Waals surface area contributed by atoms with Gasteiger partial charge in [-0.05, 0) is 50.6 Å². The van der Waals surface area contributed by atoms with Crippen molar-refractivity contribution in [1.82, 2.24) is 10.6 Å². The summed E-state index contributed by atoms with van der Waals surface area (Å²) in [5.74, 6) is 0.783. The van der Waals surface area contributed by atoms with E-state index in [-0.39, 0.29) is 11.9 Å². The molecule has 2 N–H and O–H groups in total. The van der Waals surface area contributed by atoms with Gasteiger partial charge in [0.1, 0.15) is 0 Å². The topological polar surface area (TPSA) is 41.1 Å². The van der Waals surface area contributed by atoms with Crippen LogP contribution in [0.5, 0.6) is 0 Å². The summed E-state index contributed by atoms with van der Waals surface area (Å²) in [5, 5.41) is 6.61. The Labute approximate surface area is 128 Å². The van der Waals surface area contributed by atoms with Crippen LogP contribution >= 0.6 is 0 Å². The fourth-order valence-electron chi connectivity index (χ4n) is 3.02. The second-order valence-corrected chi connectivity index (χ2v) is 6.38. The van der Waals surface area contributed by atoms with Gasteiger partial charge in [-0.15, -0.1) is 0 Å². The van der Waals surface area contributed by atoms with Gasteiger partial charge in [-0.1, -0.05) is 37.3 Å². The van der Waals surface area contributed by atoms with Crippen molar-refractivity contribution in [3.05, 3.63) is 35.9 Å². The summed E-state index contributed by atoms with van der Waals surface area (Å²) in [5.41, 5.74) is 1.33. The lowest BCUT2D eigenvalue weighted by molar-refractivity contribution is -0.122. The van der Waals surface area contributed by atoms with Gasteiger partial charge in [-0.2, -0.15) is 0 Å². The Morgan fingerprint density at radius 3 is 2.86 bits per heavy atom. The van der Waals surface area contributed by atoms with Gasteiger partial charge in [-0.3, -0.25) is 4.79 Å². The van der Waals surface area contributed by atoms with Gasteiger partial charge in [0, 0.05) is 18.5 Å². The molecule has 0 saturated carbocycles. The number of rotatable bonds is 6. The summed E-state index contributed by atoms with van der Waals surface area (Å²) in [6, 6.07) is 11.0. The molecule has 0 radical (unpaired) electrons. The molecule has 3 unspecified atom stereocenters. The molecular weight excluding hydrogens is 260 g/mol. The highest BCUT2D eigenvalue weighted by molar-refractivity contribution is 5.76. The molecule has 116 valence electrons. The van der Waals surface area contributed by atoms with E-state index in [9.17, 15) is 4.79 Å². The van der Waals surface area contributed by atoms with Crippen LogP contribution in [0.4, 0.5) is 0 Å². The Kier molecular flexibility index (Phi) is 6.24. The van der Waals surface area contributed by atoms with Crippen molar-refractivity contribution >= 4 is 5.91 Å². The molecule has 1 heterocycles. The van der Waals surface area contributed by atoms with Gasteiger partial charge in [0.05, 0.1) is 0 Å². The molecule has 3 atom stereocenters. The number of benzene rings is 1. The maximum Gasteiger partial charge on any atom is 0.221 e. The molecule has 21 heavy (non-hydrogen) atoms. The average Bonchev–Trinajstić information content (AvgIpc) is 2.48. The molecule has 0 aliphatic carbocycles. The van der Waals surface area contributed by atoms with Gasteiger partial charge in [0.2, 0.25) is 5.91 Å². The number of nitrogens with one attached hydrogen (secondary N) is 2. The zero-order chi connectivity index (χ0) is 15.1. The van der Waals surface area contributed by atoms with Crippen LogP contribution in [0.25, 0.3) is 0 Å². The standard InChI is InChI=1S/C18H28N2O/c1-14-7-6-12-19-17(14)13-18(21)20-15(2)10-11-16-8-4-3-5-9-16/h3-5,8-9,14-15,17,19H,6-7,10-13H2,1-2H3,(H,20,21). The largest absolute Gasteiger partial charge is 0.354 e. The van der Waals surface area contributed by atoms with Gasteiger partial charge in [0.25, 0.3) is 0 Å². The van der Waals surface area contributed by atoms with E-state index < -0.39 is 0 Å². The summed E-state index contributed by atoms with van der Waals surface area (Å²) in [6.07, 6.45) is 5.07. The SMILES string of the molecule is CC(CCc1ccccc1)NC(=O)CC1NCCCC1C. The van der Waals surface area contributed by atoms with Crippen LogP contribution in [-0.4, -0.2) is 24.5 Å². The average molecular weight is 288 g/mol. The van der Waals surface area contributed by atoms with Crippen molar-refractivity contribution < 1.29 is 4.79 Å². The first-order valence-electron chi connectivity index (χ1n) is 8.22. The van der Waals surface area contributed by atoms with Crippen LogP contribution < -0.4 is 10.6 Å². The van der Waals surface area contributed by atoms with Crippen LogP contribution in [0.15, 0.2) is 30.3 Å². The van der Waals surface area contributed by atoms with Crippen LogP contribution in [-0.2, 0) is 11.2 Å². The smallest absolute Gasteiger partial charge is 0.221 e. The third kappa shape index (κ3) is 5.50. The second-order valence-electron chi connectivity index (χ2n) is 6.38. The number of piperidine rings is 1. The molecule has 1 fully saturated rings. The van der Waals surface area contributed by atoms with Crippen LogP contribution in [0.1, 0.15) is 45.1 Å². The third-order valence-electron chi connectivity index (χ3n) is 4.45. The summed E-state index contributed by atoms with van der Waals surface area (Å²) < 4.78 is 0. The number of hydrogen-bond acceptors (Lipinski definition) is 2. The molecule has 2 rings (SSSR count). The van der Waals surface area contributed by atoms with Crippen molar-refractivity contribution in [3.63, 3.8) is 0 Å². The Bertz CT molecular complexity index is 432. The molecule has 0 bridgehead atoms. The van der Waals surface area contributed by atoms with Crippen LogP contribution in [0.3, 0.4) is 0 Å². The Balaban J connectivity index is 1.69. The zero-order valence-electron chi connectivity index (χ0n) is 13.3. The lowest BCUT2D eigenvalue weighted by atomic mass is 9.90. The van der Waals surface area contributed by atoms with Gasteiger partial charge < -0.3 is 10.6 Å². The highest BCUT2D eigenvalue weighted by atomic mass is 16.1. The Morgan fingerprint density at radius 2 is 2.14 bits per heavy atom. The molecule has 0 aromatic heterocycles. The maximum absolute atomic E-state index is 12.1. The number of hydrogen-bond donors (Lipinski definition) is 2. The number of aryl methyl sites for hydroxylation is 1. The zero-order valence-corrected chi connectivity index (χ0v) is 13.3. The molecule has 3 nitrogen and oxygen atoms in total. The molecule has 1 aromatic rings. The van der Waals surface area contributed by atoms with E-state index in [1.807, 2.05) is 6.07 Å². The lowest BCUT2D eigenvalue weighted by Gasteiger charge is -2.30. The molecular formula is C18H28N2O. The quantitative estimate of drug-likeness (QED) is 0.845. The fourth-order valence-corrected chi connectivity index (χ4v) is 3.02. The van der Waals surface area contributed by atoms with Gasteiger partial charge in [-0.25, -0.2) is 0 Å². The molecule has 1 saturated heterocycles. The van der Waals surface area contributed by atoms with Gasteiger partial charge in [0.15, 0.2) is 0 Å². The Morgan fingerprint density at radius 1 is 1.38 bits per heavy atom. The maximum atomic E-state index is 12.1. The van der Waals surface area contributed by atoms with E-state index in [4.69, 9.17) is 0 Å². The monoisotopic (exact) mass is 288 g/mol. The van der Waals surface area contributed by atoms with Crippen molar-refractivity contribution in [1.29, 1.82) is 0 Å². The van der Waals surface area contributed by atoms with E-state index in [2.05, 4.69) is 48.7 Å². The lowest BCUT2D eigenvalue weighted by Crippen LogP contribution is -2.44. The van der Waals surface area contributed by atoms with E-state index in [1.165, 1.54) is 18.4 Å². The molecule has 1 aromatic carbocycles. The normalized spacial score (nSPS) is 23.5. The van der Waals surface area contributed by atoms with Crippen LogP contribution in [0, 0.1) is 5.92 Å². The number of carbonyl (C=O) groups is 1. The third-order valence-corrected chi connectivity index (χ3v) is 4.45. The van der Waals surface area contributed by atoms with Crippen molar-refractivity contribution in [2.45, 2.75) is 58.0 Å². The minimum absolute atomic E-state index is 0.182. The predicted octanol–water partition coefficient (Wildman–Crippen LogP) is 2.90. The van der Waals surface area contributed by atoms with Crippen molar-refractivity contribution in [3.8, 4) is 0 Å². The summed E-state index contributed by atoms with van der Waals surface area (Å²) in [6.45, 7) is 5.38. The molecule has 0 spiro atoms. The van der Waals surface area contributed by atoms with Gasteiger partial charge >= 0.3 is 0 Å². The molecule has 1 aliphatic rings. The van der Waals surface area contributed by atoms with E-state index in [0.29, 0.717) is 18.4 Å². The molecule has 3 heteroatoms. The first-order valence-corrected chi connectivity index (χ1v) is 8.22. The Hall–Kier alpha value is -1.35. The highest BCUT2D eigenvalue weighted by Crippen LogP contribution is 2.18. The minimum atomic E-state index is 0.182. The molecule has 1 amide bonds. The summed E-state index contributed by atoms with van der Waals surface area (Å²) in [7, 11) is 0. The molecule has 1 aliphatic heterocycles. The first-order chi connectivity index (χ1) is 10.1. The first kappa shape index (κ1) is 16.0. The predicted molar refractivity (Wildman–Crippen MR) is 87.2 cm³/mol. The van der Waals surface area contributed by atoms with E-state index in [0.717, 1.165) is 19.4 Å².